The van der Waals surface area contributed by atoms with Gasteiger partial charge in [-0.2, -0.15) is 0 Å². The van der Waals surface area contributed by atoms with Crippen LogP contribution >= 0.6 is 0 Å². The number of nitrogen functional groups attached to an aromatic ring is 1. The smallest absolute Gasteiger partial charge is 0.182 e. The molecule has 2 aromatic rings. The molecule has 2 N–H and O–H groups in total. The van der Waals surface area contributed by atoms with E-state index in [1.807, 2.05) is 29.8 Å². The quantitative estimate of drug-likeness (QED) is 0.859. The Bertz CT molecular complexity index is 589. The first-order valence-electron chi connectivity index (χ1n) is 6.98. The van der Waals surface area contributed by atoms with Gasteiger partial charge in [0.15, 0.2) is 5.82 Å². The van der Waals surface area contributed by atoms with Crippen LogP contribution in [0.2, 0.25) is 0 Å². The maximum absolute atomic E-state index is 5.95. The molecule has 0 spiro atoms. The summed E-state index contributed by atoms with van der Waals surface area (Å²) in [5.41, 5.74) is 8.72. The number of ether oxygens (including phenoxy) is 1. The molecule has 6 nitrogen and oxygen atoms in total. The van der Waals surface area contributed by atoms with Crippen LogP contribution in [0, 0.1) is 6.92 Å². The highest BCUT2D eigenvalue weighted by Gasteiger charge is 2.17. The van der Waals surface area contributed by atoms with Crippen LogP contribution in [-0.2, 0) is 11.3 Å². The maximum atomic E-state index is 5.95. The van der Waals surface area contributed by atoms with Crippen molar-refractivity contribution in [3.63, 3.8) is 0 Å². The zero-order chi connectivity index (χ0) is 13.9. The number of nitrogens with zero attached hydrogens (tertiary/aromatic N) is 4. The van der Waals surface area contributed by atoms with Gasteiger partial charge in [0.2, 0.25) is 0 Å². The van der Waals surface area contributed by atoms with Gasteiger partial charge in [0.05, 0.1) is 6.10 Å². The number of hydrogen-bond donors (Lipinski definition) is 1. The number of hydrogen-bond acceptors (Lipinski definition) is 5. The van der Waals surface area contributed by atoms with E-state index < -0.39 is 0 Å². The van der Waals surface area contributed by atoms with Crippen molar-refractivity contribution in [1.29, 1.82) is 0 Å². The van der Waals surface area contributed by atoms with Gasteiger partial charge in [-0.05, 0) is 48.2 Å². The second kappa shape index (κ2) is 5.58. The molecular weight excluding hydrogens is 254 g/mol. The van der Waals surface area contributed by atoms with E-state index in [9.17, 15) is 0 Å². The lowest BCUT2D eigenvalue weighted by Crippen LogP contribution is -2.12. The maximum Gasteiger partial charge on any atom is 0.182 e. The number of nitrogens with two attached hydrogens (primary N) is 1. The van der Waals surface area contributed by atoms with Crippen molar-refractivity contribution >= 4 is 5.69 Å². The molecule has 6 heteroatoms. The molecule has 106 valence electrons. The number of aromatic nitrogens is 4. The van der Waals surface area contributed by atoms with Gasteiger partial charge in [-0.15, -0.1) is 5.10 Å². The summed E-state index contributed by atoms with van der Waals surface area (Å²) < 4.78 is 7.45. The summed E-state index contributed by atoms with van der Waals surface area (Å²) >= 11 is 0. The Morgan fingerprint density at radius 3 is 3.10 bits per heavy atom. The molecule has 20 heavy (non-hydrogen) atoms. The van der Waals surface area contributed by atoms with Crippen LogP contribution in [0.15, 0.2) is 18.2 Å². The molecule has 1 saturated heterocycles. The van der Waals surface area contributed by atoms with Crippen molar-refractivity contribution in [1.82, 2.24) is 20.2 Å². The Labute approximate surface area is 117 Å². The van der Waals surface area contributed by atoms with Crippen molar-refractivity contribution < 1.29 is 4.74 Å². The molecular formula is C14H19N5O. The van der Waals surface area contributed by atoms with Gasteiger partial charge in [0, 0.05) is 24.4 Å². The van der Waals surface area contributed by atoms with E-state index in [0.717, 1.165) is 55.1 Å². The molecule has 0 amide bonds. The minimum Gasteiger partial charge on any atom is -0.398 e. The summed E-state index contributed by atoms with van der Waals surface area (Å²) in [6, 6.07) is 5.91. The average molecular weight is 273 g/mol. The van der Waals surface area contributed by atoms with Crippen molar-refractivity contribution in [2.75, 3.05) is 12.3 Å². The number of aryl methyl sites for hydroxylation is 2. The molecule has 2 heterocycles. The fourth-order valence-electron chi connectivity index (χ4n) is 2.48. The minimum absolute atomic E-state index is 0.343. The monoisotopic (exact) mass is 273 g/mol. The number of rotatable bonds is 4. The summed E-state index contributed by atoms with van der Waals surface area (Å²) in [6.45, 7) is 3.63. The van der Waals surface area contributed by atoms with E-state index in [1.54, 1.807) is 0 Å². The van der Waals surface area contributed by atoms with E-state index in [1.165, 1.54) is 0 Å². The standard InChI is InChI=1S/C14H19N5O/c1-10-4-5-11(9-13(10)15)14-16-17-18-19(14)7-6-12-3-2-8-20-12/h4-5,9,12H,2-3,6-8,15H2,1H3. The zero-order valence-electron chi connectivity index (χ0n) is 11.6. The highest BCUT2D eigenvalue weighted by atomic mass is 16.5. The summed E-state index contributed by atoms with van der Waals surface area (Å²) in [6.07, 6.45) is 3.57. The molecule has 1 aromatic heterocycles. The molecule has 0 aliphatic carbocycles. The van der Waals surface area contributed by atoms with Crippen molar-refractivity contribution in [2.24, 2.45) is 0 Å². The number of tetrazole rings is 1. The van der Waals surface area contributed by atoms with Gasteiger partial charge in [-0.1, -0.05) is 12.1 Å². The highest BCUT2D eigenvalue weighted by Crippen LogP contribution is 2.22. The van der Waals surface area contributed by atoms with Gasteiger partial charge < -0.3 is 10.5 Å². The van der Waals surface area contributed by atoms with E-state index >= 15 is 0 Å². The molecule has 1 aliphatic heterocycles. The lowest BCUT2D eigenvalue weighted by molar-refractivity contribution is 0.0994. The molecule has 1 aromatic carbocycles. The van der Waals surface area contributed by atoms with Crippen LogP contribution < -0.4 is 5.73 Å². The van der Waals surface area contributed by atoms with E-state index in [2.05, 4.69) is 15.5 Å². The third-order valence-electron chi connectivity index (χ3n) is 3.76. The highest BCUT2D eigenvalue weighted by molar-refractivity contribution is 5.63. The number of anilines is 1. The SMILES string of the molecule is Cc1ccc(-c2nnnn2CCC2CCCO2)cc1N. The molecule has 3 rings (SSSR count). The molecule has 1 unspecified atom stereocenters. The summed E-state index contributed by atoms with van der Waals surface area (Å²) in [4.78, 5) is 0. The molecule has 0 saturated carbocycles. The Morgan fingerprint density at radius 1 is 1.45 bits per heavy atom. The fourth-order valence-corrected chi connectivity index (χ4v) is 2.48. The van der Waals surface area contributed by atoms with Crippen molar-refractivity contribution in [3.05, 3.63) is 23.8 Å². The normalized spacial score (nSPS) is 18.6. The predicted octanol–water partition coefficient (Wildman–Crippen LogP) is 1.80. The molecule has 1 fully saturated rings. The van der Waals surface area contributed by atoms with Gasteiger partial charge in [0.25, 0.3) is 0 Å². The van der Waals surface area contributed by atoms with Crippen LogP contribution in [0.3, 0.4) is 0 Å². The lowest BCUT2D eigenvalue weighted by Gasteiger charge is -2.10. The second-order valence-corrected chi connectivity index (χ2v) is 5.22. The first-order valence-corrected chi connectivity index (χ1v) is 6.98. The van der Waals surface area contributed by atoms with Crippen molar-refractivity contribution in [2.45, 2.75) is 38.8 Å². The van der Waals surface area contributed by atoms with E-state index in [4.69, 9.17) is 10.5 Å². The summed E-state index contributed by atoms with van der Waals surface area (Å²) in [5.74, 6) is 0.759. The summed E-state index contributed by atoms with van der Waals surface area (Å²) in [5, 5.41) is 11.9. The summed E-state index contributed by atoms with van der Waals surface area (Å²) in [7, 11) is 0. The third kappa shape index (κ3) is 2.65. The average Bonchev–Trinajstić information content (AvgIpc) is 3.10. The van der Waals surface area contributed by atoms with Crippen molar-refractivity contribution in [3.8, 4) is 11.4 Å². The molecule has 0 bridgehead atoms. The molecule has 1 aliphatic rings. The predicted molar refractivity (Wildman–Crippen MR) is 76.0 cm³/mol. The van der Waals surface area contributed by atoms with Crippen LogP contribution in [0.4, 0.5) is 5.69 Å². The largest absolute Gasteiger partial charge is 0.398 e. The topological polar surface area (TPSA) is 78.8 Å². The van der Waals surface area contributed by atoms with Crippen LogP contribution in [-0.4, -0.2) is 32.9 Å². The van der Waals surface area contributed by atoms with Crippen LogP contribution in [0.1, 0.15) is 24.8 Å². The second-order valence-electron chi connectivity index (χ2n) is 5.22. The third-order valence-corrected chi connectivity index (χ3v) is 3.76. The van der Waals surface area contributed by atoms with Gasteiger partial charge in [0.1, 0.15) is 0 Å². The van der Waals surface area contributed by atoms with Gasteiger partial charge in [-0.3, -0.25) is 0 Å². The Balaban J connectivity index is 1.76. The Hall–Kier alpha value is -1.95. The number of benzene rings is 1. The van der Waals surface area contributed by atoms with E-state index in [0.29, 0.717) is 6.10 Å². The van der Waals surface area contributed by atoms with Gasteiger partial charge in [-0.25, -0.2) is 4.68 Å². The lowest BCUT2D eigenvalue weighted by atomic mass is 10.1. The zero-order valence-corrected chi connectivity index (χ0v) is 11.6. The fraction of sp³-hybridized carbons (Fsp3) is 0.500. The molecule has 1 atom stereocenters. The minimum atomic E-state index is 0.343. The van der Waals surface area contributed by atoms with E-state index in [-0.39, 0.29) is 0 Å². The molecule has 0 radical (unpaired) electrons. The first kappa shape index (κ1) is 13.1. The Morgan fingerprint density at radius 2 is 2.35 bits per heavy atom. The van der Waals surface area contributed by atoms with Crippen LogP contribution in [0.5, 0.6) is 0 Å². The Kier molecular flexibility index (Phi) is 3.64. The van der Waals surface area contributed by atoms with Gasteiger partial charge >= 0.3 is 0 Å². The first-order chi connectivity index (χ1) is 9.74. The van der Waals surface area contributed by atoms with Crippen LogP contribution in [0.25, 0.3) is 11.4 Å².